The summed E-state index contributed by atoms with van der Waals surface area (Å²) in [4.78, 5) is 0. The molecule has 0 aliphatic heterocycles. The van der Waals surface area contributed by atoms with Crippen LogP contribution in [0, 0.1) is 11.6 Å². The molecular formula is C17H12BrF2N. The van der Waals surface area contributed by atoms with Crippen LogP contribution in [0.3, 0.4) is 0 Å². The molecule has 106 valence electrons. The van der Waals surface area contributed by atoms with Crippen LogP contribution in [-0.4, -0.2) is 0 Å². The molecule has 1 atom stereocenters. The molecule has 0 heterocycles. The van der Waals surface area contributed by atoms with E-state index in [-0.39, 0.29) is 5.56 Å². The van der Waals surface area contributed by atoms with Gasteiger partial charge in [0.25, 0.3) is 0 Å². The number of benzene rings is 3. The van der Waals surface area contributed by atoms with Gasteiger partial charge in [-0.15, -0.1) is 0 Å². The molecule has 0 fully saturated rings. The van der Waals surface area contributed by atoms with E-state index < -0.39 is 17.7 Å². The molecule has 0 aromatic heterocycles. The second-order valence-corrected chi connectivity index (χ2v) is 5.78. The summed E-state index contributed by atoms with van der Waals surface area (Å²) in [5.41, 5.74) is 6.62. The van der Waals surface area contributed by atoms with Crippen molar-refractivity contribution in [3.63, 3.8) is 0 Å². The number of hydrogen-bond donors (Lipinski definition) is 1. The van der Waals surface area contributed by atoms with E-state index in [4.69, 9.17) is 5.73 Å². The predicted molar refractivity (Wildman–Crippen MR) is 84.0 cm³/mol. The molecule has 0 bridgehead atoms. The summed E-state index contributed by atoms with van der Waals surface area (Å²) >= 11 is 3.06. The van der Waals surface area contributed by atoms with Gasteiger partial charge in [0.05, 0.1) is 6.04 Å². The smallest absolute Gasteiger partial charge is 0.132 e. The van der Waals surface area contributed by atoms with Crippen LogP contribution >= 0.6 is 15.9 Å². The molecule has 1 nitrogen and oxygen atoms in total. The largest absolute Gasteiger partial charge is 0.320 e. The van der Waals surface area contributed by atoms with Gasteiger partial charge >= 0.3 is 0 Å². The first-order valence-corrected chi connectivity index (χ1v) is 7.24. The molecule has 3 rings (SSSR count). The van der Waals surface area contributed by atoms with E-state index in [1.165, 1.54) is 12.1 Å². The summed E-state index contributed by atoms with van der Waals surface area (Å²) < 4.78 is 28.4. The molecule has 2 N–H and O–H groups in total. The van der Waals surface area contributed by atoms with E-state index in [2.05, 4.69) is 15.9 Å². The lowest BCUT2D eigenvalue weighted by Gasteiger charge is -2.15. The van der Waals surface area contributed by atoms with Crippen LogP contribution in [0.4, 0.5) is 8.78 Å². The fourth-order valence-electron chi connectivity index (χ4n) is 2.42. The summed E-state index contributed by atoms with van der Waals surface area (Å²) in [6, 6.07) is 14.9. The monoisotopic (exact) mass is 347 g/mol. The molecule has 3 aromatic carbocycles. The van der Waals surface area contributed by atoms with E-state index in [1.54, 1.807) is 6.07 Å². The predicted octanol–water partition coefficient (Wildman–Crippen LogP) is 4.93. The zero-order chi connectivity index (χ0) is 15.0. The van der Waals surface area contributed by atoms with E-state index in [1.807, 2.05) is 36.4 Å². The van der Waals surface area contributed by atoms with E-state index in [0.29, 0.717) is 10.0 Å². The zero-order valence-electron chi connectivity index (χ0n) is 11.0. The van der Waals surface area contributed by atoms with Crippen molar-refractivity contribution < 1.29 is 8.78 Å². The minimum atomic E-state index is -0.845. The molecule has 0 aliphatic carbocycles. The van der Waals surface area contributed by atoms with Crippen LogP contribution in [0.2, 0.25) is 0 Å². The Bertz CT molecular complexity index is 794. The lowest BCUT2D eigenvalue weighted by Crippen LogP contribution is -2.15. The van der Waals surface area contributed by atoms with E-state index in [0.717, 1.165) is 10.8 Å². The van der Waals surface area contributed by atoms with E-state index in [9.17, 15) is 8.78 Å². The molecule has 0 spiro atoms. The maximum atomic E-state index is 14.0. The van der Waals surface area contributed by atoms with Crippen LogP contribution in [0.1, 0.15) is 17.2 Å². The maximum Gasteiger partial charge on any atom is 0.132 e. The molecule has 0 saturated heterocycles. The van der Waals surface area contributed by atoms with Gasteiger partial charge in [0.15, 0.2) is 0 Å². The van der Waals surface area contributed by atoms with Crippen molar-refractivity contribution in [1.29, 1.82) is 0 Å². The number of rotatable bonds is 2. The molecule has 3 aromatic rings. The van der Waals surface area contributed by atoms with Crippen LogP contribution < -0.4 is 5.73 Å². The number of halogens is 3. The molecular weight excluding hydrogens is 336 g/mol. The normalized spacial score (nSPS) is 12.6. The van der Waals surface area contributed by atoms with E-state index >= 15 is 0 Å². The van der Waals surface area contributed by atoms with Crippen molar-refractivity contribution in [1.82, 2.24) is 0 Å². The summed E-state index contributed by atoms with van der Waals surface area (Å²) in [5.74, 6) is -1.30. The molecule has 4 heteroatoms. The Morgan fingerprint density at radius 2 is 1.48 bits per heavy atom. The summed E-state index contributed by atoms with van der Waals surface area (Å²) in [7, 11) is 0. The molecule has 1 unspecified atom stereocenters. The Labute approximate surface area is 129 Å². The first-order chi connectivity index (χ1) is 10.1. The topological polar surface area (TPSA) is 26.0 Å². The summed E-state index contributed by atoms with van der Waals surface area (Å²) in [6.07, 6.45) is 0. The summed E-state index contributed by atoms with van der Waals surface area (Å²) in [5, 5.41) is 2.05. The van der Waals surface area contributed by atoms with Crippen molar-refractivity contribution in [2.75, 3.05) is 0 Å². The average molecular weight is 348 g/mol. The van der Waals surface area contributed by atoms with Gasteiger partial charge in [-0.2, -0.15) is 0 Å². The Morgan fingerprint density at radius 1 is 0.857 bits per heavy atom. The van der Waals surface area contributed by atoms with Crippen molar-refractivity contribution in [2.24, 2.45) is 5.73 Å². The third-order valence-corrected chi connectivity index (χ3v) is 3.95. The van der Waals surface area contributed by atoms with Gasteiger partial charge in [-0.1, -0.05) is 52.3 Å². The van der Waals surface area contributed by atoms with Gasteiger partial charge in [-0.3, -0.25) is 0 Å². The first kappa shape index (κ1) is 14.2. The Hall–Kier alpha value is -1.78. The third-order valence-electron chi connectivity index (χ3n) is 3.49. The minimum absolute atomic E-state index is 0.117. The van der Waals surface area contributed by atoms with Crippen molar-refractivity contribution in [3.05, 3.63) is 81.8 Å². The lowest BCUT2D eigenvalue weighted by atomic mass is 9.96. The quantitative estimate of drug-likeness (QED) is 0.698. The maximum absolute atomic E-state index is 14.0. The molecule has 0 saturated carbocycles. The SMILES string of the molecule is NC(c1ccc2ccccc2c1)c1c(F)cc(Br)cc1F. The molecule has 0 radical (unpaired) electrons. The second-order valence-electron chi connectivity index (χ2n) is 4.87. The average Bonchev–Trinajstić information content (AvgIpc) is 2.45. The van der Waals surface area contributed by atoms with Gasteiger partial charge in [-0.25, -0.2) is 8.78 Å². The highest BCUT2D eigenvalue weighted by Crippen LogP contribution is 2.29. The standard InChI is InChI=1S/C17H12BrF2N/c18-13-8-14(19)16(15(20)9-13)17(21)12-6-5-10-3-1-2-4-11(10)7-12/h1-9,17H,21H2. The van der Waals surface area contributed by atoms with Crippen molar-refractivity contribution >= 4 is 26.7 Å². The van der Waals surface area contributed by atoms with Crippen molar-refractivity contribution in [2.45, 2.75) is 6.04 Å². The highest BCUT2D eigenvalue weighted by molar-refractivity contribution is 9.10. The van der Waals surface area contributed by atoms with Crippen LogP contribution in [0.5, 0.6) is 0 Å². The Morgan fingerprint density at radius 3 is 2.14 bits per heavy atom. The highest BCUT2D eigenvalue weighted by Gasteiger charge is 2.19. The fourth-order valence-corrected chi connectivity index (χ4v) is 2.82. The Balaban J connectivity index is 2.10. The van der Waals surface area contributed by atoms with Crippen molar-refractivity contribution in [3.8, 4) is 0 Å². The second kappa shape index (κ2) is 5.54. The van der Waals surface area contributed by atoms with Gasteiger partial charge in [-0.05, 0) is 34.5 Å². The van der Waals surface area contributed by atoms with Gasteiger partial charge < -0.3 is 5.73 Å². The zero-order valence-corrected chi connectivity index (χ0v) is 12.6. The minimum Gasteiger partial charge on any atom is -0.320 e. The number of nitrogens with two attached hydrogens (primary N) is 1. The highest BCUT2D eigenvalue weighted by atomic mass is 79.9. The van der Waals surface area contributed by atoms with Crippen LogP contribution in [-0.2, 0) is 0 Å². The number of hydrogen-bond acceptors (Lipinski definition) is 1. The van der Waals surface area contributed by atoms with Gasteiger partial charge in [0.1, 0.15) is 11.6 Å². The first-order valence-electron chi connectivity index (χ1n) is 6.45. The van der Waals surface area contributed by atoms with Gasteiger partial charge in [0, 0.05) is 10.0 Å². The van der Waals surface area contributed by atoms with Gasteiger partial charge in [0.2, 0.25) is 0 Å². The molecule has 0 aliphatic rings. The molecule has 0 amide bonds. The van der Waals surface area contributed by atoms with Crippen LogP contribution in [0.15, 0.2) is 59.1 Å². The van der Waals surface area contributed by atoms with Crippen LogP contribution in [0.25, 0.3) is 10.8 Å². The fraction of sp³-hybridized carbons (Fsp3) is 0.0588. The number of fused-ring (bicyclic) bond motifs is 1. The lowest BCUT2D eigenvalue weighted by molar-refractivity contribution is 0.542. The Kier molecular flexibility index (Phi) is 3.74. The molecule has 21 heavy (non-hydrogen) atoms. The summed E-state index contributed by atoms with van der Waals surface area (Å²) in [6.45, 7) is 0. The third kappa shape index (κ3) is 2.69.